The zero-order valence-electron chi connectivity index (χ0n) is 14.0. The molecule has 4 nitrogen and oxygen atoms in total. The van der Waals surface area contributed by atoms with Crippen molar-refractivity contribution < 1.29 is 4.79 Å². The highest BCUT2D eigenvalue weighted by Crippen LogP contribution is 2.24. The Morgan fingerprint density at radius 3 is 2.62 bits per heavy atom. The molecule has 0 saturated carbocycles. The van der Waals surface area contributed by atoms with Crippen LogP contribution >= 0.6 is 11.6 Å². The SMILES string of the molecule is Cc1nn(CC(C)C)c(Cl)c1C(=O)Nc1ccc2ccccc2c1. The van der Waals surface area contributed by atoms with Gasteiger partial charge in [0.15, 0.2) is 0 Å². The number of amides is 1. The molecule has 0 fully saturated rings. The summed E-state index contributed by atoms with van der Waals surface area (Å²) >= 11 is 6.37. The quantitative estimate of drug-likeness (QED) is 0.733. The Labute approximate surface area is 146 Å². The van der Waals surface area contributed by atoms with Crippen molar-refractivity contribution in [2.75, 3.05) is 5.32 Å². The third-order valence-corrected chi connectivity index (χ3v) is 4.22. The second-order valence-corrected chi connectivity index (χ2v) is 6.70. The first-order valence-electron chi connectivity index (χ1n) is 7.98. The largest absolute Gasteiger partial charge is 0.322 e. The van der Waals surface area contributed by atoms with E-state index < -0.39 is 0 Å². The number of rotatable bonds is 4. The van der Waals surface area contributed by atoms with Crippen LogP contribution in [0.2, 0.25) is 5.15 Å². The number of aromatic nitrogens is 2. The van der Waals surface area contributed by atoms with E-state index in [0.29, 0.717) is 28.9 Å². The zero-order chi connectivity index (χ0) is 17.3. The predicted octanol–water partition coefficient (Wildman–Crippen LogP) is 4.91. The first-order valence-corrected chi connectivity index (χ1v) is 8.36. The van der Waals surface area contributed by atoms with E-state index in [9.17, 15) is 4.79 Å². The van der Waals surface area contributed by atoms with E-state index in [1.807, 2.05) is 42.5 Å². The minimum Gasteiger partial charge on any atom is -0.322 e. The minimum atomic E-state index is -0.234. The second-order valence-electron chi connectivity index (χ2n) is 6.34. The first kappa shape index (κ1) is 16.5. The van der Waals surface area contributed by atoms with E-state index in [0.717, 1.165) is 16.5 Å². The summed E-state index contributed by atoms with van der Waals surface area (Å²) in [5, 5.41) is 9.91. The molecule has 0 bridgehead atoms. The molecule has 1 N–H and O–H groups in total. The van der Waals surface area contributed by atoms with Crippen molar-refractivity contribution in [2.24, 2.45) is 5.92 Å². The van der Waals surface area contributed by atoms with Crippen LogP contribution in [0, 0.1) is 12.8 Å². The van der Waals surface area contributed by atoms with Gasteiger partial charge >= 0.3 is 0 Å². The van der Waals surface area contributed by atoms with Crippen molar-refractivity contribution in [3.05, 3.63) is 58.9 Å². The van der Waals surface area contributed by atoms with Gasteiger partial charge in [-0.05, 0) is 35.7 Å². The predicted molar refractivity (Wildman–Crippen MR) is 98.7 cm³/mol. The molecule has 0 saturated heterocycles. The zero-order valence-corrected chi connectivity index (χ0v) is 14.8. The molecule has 124 valence electrons. The number of fused-ring (bicyclic) bond motifs is 1. The summed E-state index contributed by atoms with van der Waals surface area (Å²) in [5.41, 5.74) is 1.81. The molecule has 0 aliphatic heterocycles. The highest BCUT2D eigenvalue weighted by Gasteiger charge is 2.20. The number of aryl methyl sites for hydroxylation is 1. The molecule has 3 rings (SSSR count). The number of nitrogens with one attached hydrogen (secondary N) is 1. The molecule has 0 spiro atoms. The normalized spacial score (nSPS) is 11.2. The van der Waals surface area contributed by atoms with Gasteiger partial charge in [-0.2, -0.15) is 5.10 Å². The molecule has 1 amide bonds. The summed E-state index contributed by atoms with van der Waals surface area (Å²) in [7, 11) is 0. The fraction of sp³-hybridized carbons (Fsp3) is 0.263. The van der Waals surface area contributed by atoms with Gasteiger partial charge in [-0.15, -0.1) is 0 Å². The summed E-state index contributed by atoms with van der Waals surface area (Å²) in [4.78, 5) is 12.6. The molecule has 0 radical (unpaired) electrons. The van der Waals surface area contributed by atoms with E-state index in [1.54, 1.807) is 11.6 Å². The van der Waals surface area contributed by atoms with Crippen LogP contribution in [0.4, 0.5) is 5.69 Å². The summed E-state index contributed by atoms with van der Waals surface area (Å²) in [6.45, 7) is 6.66. The maximum Gasteiger partial charge on any atom is 0.260 e. The molecule has 0 aliphatic rings. The van der Waals surface area contributed by atoms with Gasteiger partial charge < -0.3 is 5.32 Å². The lowest BCUT2D eigenvalue weighted by atomic mass is 10.1. The molecule has 0 aliphatic carbocycles. The molecule has 2 aromatic carbocycles. The van der Waals surface area contributed by atoms with Gasteiger partial charge in [-0.25, -0.2) is 0 Å². The first-order chi connectivity index (χ1) is 11.5. The van der Waals surface area contributed by atoms with Gasteiger partial charge in [0.1, 0.15) is 5.15 Å². The van der Waals surface area contributed by atoms with Crippen LogP contribution in [0.3, 0.4) is 0 Å². The maximum absolute atomic E-state index is 12.6. The number of anilines is 1. The smallest absolute Gasteiger partial charge is 0.260 e. The minimum absolute atomic E-state index is 0.234. The number of carbonyl (C=O) groups excluding carboxylic acids is 1. The number of benzene rings is 2. The van der Waals surface area contributed by atoms with E-state index >= 15 is 0 Å². The molecule has 0 unspecified atom stereocenters. The van der Waals surface area contributed by atoms with Crippen LogP contribution in [0.25, 0.3) is 10.8 Å². The summed E-state index contributed by atoms with van der Waals surface area (Å²) in [6.07, 6.45) is 0. The highest BCUT2D eigenvalue weighted by atomic mass is 35.5. The lowest BCUT2D eigenvalue weighted by molar-refractivity contribution is 0.102. The molecule has 0 atom stereocenters. The molecule has 3 aromatic rings. The second kappa shape index (κ2) is 6.65. The Balaban J connectivity index is 1.87. The van der Waals surface area contributed by atoms with E-state index in [4.69, 9.17) is 11.6 Å². The lowest BCUT2D eigenvalue weighted by Crippen LogP contribution is -2.13. The number of nitrogens with zero attached hydrogens (tertiary/aromatic N) is 2. The van der Waals surface area contributed by atoms with Gasteiger partial charge in [0.05, 0.1) is 11.3 Å². The summed E-state index contributed by atoms with van der Waals surface area (Å²) in [6, 6.07) is 13.9. The van der Waals surface area contributed by atoms with Crippen LogP contribution in [0.5, 0.6) is 0 Å². The van der Waals surface area contributed by atoms with Gasteiger partial charge in [-0.3, -0.25) is 9.48 Å². The standard InChI is InChI=1S/C19H20ClN3O/c1-12(2)11-23-18(20)17(13(3)22-23)19(24)21-16-9-8-14-6-4-5-7-15(14)10-16/h4-10,12H,11H2,1-3H3,(H,21,24). The summed E-state index contributed by atoms with van der Waals surface area (Å²) < 4.78 is 1.69. The Hall–Kier alpha value is -2.33. The molecule has 24 heavy (non-hydrogen) atoms. The molecule has 5 heteroatoms. The Bertz CT molecular complexity index is 899. The molecule has 1 aromatic heterocycles. The number of halogens is 1. The number of carbonyl (C=O) groups is 1. The maximum atomic E-state index is 12.6. The number of hydrogen-bond donors (Lipinski definition) is 1. The van der Waals surface area contributed by atoms with Crippen LogP contribution in [0.1, 0.15) is 29.9 Å². The van der Waals surface area contributed by atoms with Crippen LogP contribution < -0.4 is 5.32 Å². The van der Waals surface area contributed by atoms with Gasteiger partial charge in [0.2, 0.25) is 0 Å². The Morgan fingerprint density at radius 2 is 1.92 bits per heavy atom. The van der Waals surface area contributed by atoms with Gasteiger partial charge in [0, 0.05) is 12.2 Å². The Kier molecular flexibility index (Phi) is 4.58. The average molecular weight is 342 g/mol. The van der Waals surface area contributed by atoms with E-state index in [1.165, 1.54) is 0 Å². The van der Waals surface area contributed by atoms with Crippen molar-refractivity contribution >= 4 is 34.0 Å². The monoisotopic (exact) mass is 341 g/mol. The van der Waals surface area contributed by atoms with E-state index in [2.05, 4.69) is 24.3 Å². The third-order valence-electron chi connectivity index (χ3n) is 3.84. The highest BCUT2D eigenvalue weighted by molar-refractivity contribution is 6.33. The van der Waals surface area contributed by atoms with Crippen LogP contribution in [-0.2, 0) is 6.54 Å². The van der Waals surface area contributed by atoms with Gasteiger partial charge in [-0.1, -0.05) is 55.8 Å². The van der Waals surface area contributed by atoms with Crippen molar-refractivity contribution in [1.29, 1.82) is 0 Å². The van der Waals surface area contributed by atoms with Crippen LogP contribution in [0.15, 0.2) is 42.5 Å². The third kappa shape index (κ3) is 3.29. The number of hydrogen-bond acceptors (Lipinski definition) is 2. The van der Waals surface area contributed by atoms with Gasteiger partial charge in [0.25, 0.3) is 5.91 Å². The fourth-order valence-electron chi connectivity index (χ4n) is 2.74. The fourth-order valence-corrected chi connectivity index (χ4v) is 3.07. The Morgan fingerprint density at radius 1 is 1.21 bits per heavy atom. The topological polar surface area (TPSA) is 46.9 Å². The van der Waals surface area contributed by atoms with Crippen molar-refractivity contribution in [1.82, 2.24) is 9.78 Å². The summed E-state index contributed by atoms with van der Waals surface area (Å²) in [5.74, 6) is 0.168. The van der Waals surface area contributed by atoms with E-state index in [-0.39, 0.29) is 5.91 Å². The van der Waals surface area contributed by atoms with Crippen molar-refractivity contribution in [2.45, 2.75) is 27.3 Å². The average Bonchev–Trinajstić information content (AvgIpc) is 2.80. The molecular formula is C19H20ClN3O. The molecular weight excluding hydrogens is 322 g/mol. The van der Waals surface area contributed by atoms with Crippen LogP contribution in [-0.4, -0.2) is 15.7 Å². The molecule has 1 heterocycles. The van der Waals surface area contributed by atoms with Crippen molar-refractivity contribution in [3.8, 4) is 0 Å². The lowest BCUT2D eigenvalue weighted by Gasteiger charge is -2.08. The van der Waals surface area contributed by atoms with Crippen molar-refractivity contribution in [3.63, 3.8) is 0 Å².